The van der Waals surface area contributed by atoms with Gasteiger partial charge in [0.25, 0.3) is 0 Å². The Morgan fingerprint density at radius 1 is 0.793 bits per heavy atom. The predicted octanol–water partition coefficient (Wildman–Crippen LogP) is 4.31. The SMILES string of the molecule is CCCc1ccc(OCNC(=O)NCCc2ccc(OCC)c(OCC)c2)cc1. The zero-order valence-corrected chi connectivity index (χ0v) is 17.6. The van der Waals surface area contributed by atoms with Crippen molar-refractivity contribution < 1.29 is 19.0 Å². The Labute approximate surface area is 173 Å². The van der Waals surface area contributed by atoms with Gasteiger partial charge in [-0.05, 0) is 62.1 Å². The smallest absolute Gasteiger partial charge is 0.317 e. The van der Waals surface area contributed by atoms with Gasteiger partial charge in [0.05, 0.1) is 13.2 Å². The highest BCUT2D eigenvalue weighted by molar-refractivity contribution is 5.73. The third-order valence-corrected chi connectivity index (χ3v) is 4.24. The number of ether oxygens (including phenoxy) is 3. The average Bonchev–Trinajstić information content (AvgIpc) is 2.72. The molecule has 2 N–H and O–H groups in total. The minimum absolute atomic E-state index is 0.122. The number of nitrogens with one attached hydrogen (secondary N) is 2. The van der Waals surface area contributed by atoms with Crippen molar-refractivity contribution in [2.75, 3.05) is 26.5 Å². The summed E-state index contributed by atoms with van der Waals surface area (Å²) in [7, 11) is 0. The third-order valence-electron chi connectivity index (χ3n) is 4.24. The zero-order valence-electron chi connectivity index (χ0n) is 17.6. The fourth-order valence-corrected chi connectivity index (χ4v) is 2.86. The number of amides is 2. The lowest BCUT2D eigenvalue weighted by molar-refractivity contribution is 0.224. The summed E-state index contributed by atoms with van der Waals surface area (Å²) in [6.45, 7) is 7.83. The number of carbonyl (C=O) groups excluding carboxylic acids is 1. The van der Waals surface area contributed by atoms with Crippen molar-refractivity contribution in [1.82, 2.24) is 10.6 Å². The number of carbonyl (C=O) groups is 1. The third kappa shape index (κ3) is 7.94. The fourth-order valence-electron chi connectivity index (χ4n) is 2.86. The van der Waals surface area contributed by atoms with E-state index in [4.69, 9.17) is 14.2 Å². The lowest BCUT2D eigenvalue weighted by Crippen LogP contribution is -2.38. The monoisotopic (exact) mass is 400 g/mol. The number of benzene rings is 2. The van der Waals surface area contributed by atoms with Crippen LogP contribution >= 0.6 is 0 Å². The summed E-state index contributed by atoms with van der Waals surface area (Å²) in [5.74, 6) is 2.21. The first-order valence-corrected chi connectivity index (χ1v) is 10.3. The molecule has 0 aliphatic carbocycles. The number of hydrogen-bond acceptors (Lipinski definition) is 4. The molecule has 0 bridgehead atoms. The molecule has 0 aromatic heterocycles. The Balaban J connectivity index is 1.70. The second-order valence-corrected chi connectivity index (χ2v) is 6.51. The van der Waals surface area contributed by atoms with Crippen LogP contribution in [-0.2, 0) is 12.8 Å². The Morgan fingerprint density at radius 3 is 2.17 bits per heavy atom. The van der Waals surface area contributed by atoms with Crippen LogP contribution < -0.4 is 24.8 Å². The molecule has 0 radical (unpaired) electrons. The van der Waals surface area contributed by atoms with Crippen molar-refractivity contribution in [2.45, 2.75) is 40.0 Å². The van der Waals surface area contributed by atoms with Crippen LogP contribution in [0.5, 0.6) is 17.2 Å². The van der Waals surface area contributed by atoms with E-state index in [2.05, 4.69) is 17.6 Å². The summed E-state index contributed by atoms with van der Waals surface area (Å²) in [5.41, 5.74) is 2.35. The molecule has 0 saturated heterocycles. The van der Waals surface area contributed by atoms with Crippen LogP contribution in [0.4, 0.5) is 4.79 Å². The van der Waals surface area contributed by atoms with Crippen LogP contribution in [0, 0.1) is 0 Å². The molecule has 0 fully saturated rings. The van der Waals surface area contributed by atoms with Gasteiger partial charge in [-0.2, -0.15) is 0 Å². The quantitative estimate of drug-likeness (QED) is 0.521. The first-order valence-electron chi connectivity index (χ1n) is 10.3. The van der Waals surface area contributed by atoms with Gasteiger partial charge in [-0.3, -0.25) is 0 Å². The summed E-state index contributed by atoms with van der Waals surface area (Å²) >= 11 is 0. The van der Waals surface area contributed by atoms with E-state index in [1.54, 1.807) is 0 Å². The fraction of sp³-hybridized carbons (Fsp3) is 0.435. The van der Waals surface area contributed by atoms with Gasteiger partial charge in [-0.1, -0.05) is 31.5 Å². The van der Waals surface area contributed by atoms with Crippen molar-refractivity contribution in [3.8, 4) is 17.2 Å². The Bertz CT molecular complexity index is 747. The molecular weight excluding hydrogens is 368 g/mol. The van der Waals surface area contributed by atoms with Gasteiger partial charge in [0.15, 0.2) is 18.2 Å². The Morgan fingerprint density at radius 2 is 1.48 bits per heavy atom. The Hall–Kier alpha value is -2.89. The van der Waals surface area contributed by atoms with Crippen molar-refractivity contribution in [3.05, 3.63) is 53.6 Å². The molecule has 0 unspecified atom stereocenters. The van der Waals surface area contributed by atoms with Crippen molar-refractivity contribution >= 4 is 6.03 Å². The molecule has 2 aromatic rings. The average molecular weight is 401 g/mol. The molecular formula is C23H32N2O4. The lowest BCUT2D eigenvalue weighted by Gasteiger charge is -2.13. The molecule has 0 atom stereocenters. The zero-order chi connectivity index (χ0) is 20.9. The van der Waals surface area contributed by atoms with Crippen molar-refractivity contribution in [2.24, 2.45) is 0 Å². The second-order valence-electron chi connectivity index (χ2n) is 6.51. The van der Waals surface area contributed by atoms with Gasteiger partial charge < -0.3 is 24.8 Å². The van der Waals surface area contributed by atoms with Gasteiger partial charge in [0.2, 0.25) is 0 Å². The van der Waals surface area contributed by atoms with Crippen LogP contribution in [-0.4, -0.2) is 32.5 Å². The van der Waals surface area contributed by atoms with Crippen LogP contribution in [0.25, 0.3) is 0 Å². The first kappa shape index (κ1) is 22.4. The molecule has 0 aliphatic heterocycles. The summed E-state index contributed by atoms with van der Waals surface area (Å²) in [5, 5.41) is 5.53. The van der Waals surface area contributed by atoms with E-state index < -0.39 is 0 Å². The number of aryl methyl sites for hydroxylation is 1. The molecule has 2 aromatic carbocycles. The Kier molecular flexibility index (Phi) is 9.69. The van der Waals surface area contributed by atoms with Gasteiger partial charge in [0.1, 0.15) is 5.75 Å². The summed E-state index contributed by atoms with van der Waals surface area (Å²) in [6, 6.07) is 13.5. The maximum absolute atomic E-state index is 11.9. The largest absolute Gasteiger partial charge is 0.490 e. The van der Waals surface area contributed by atoms with E-state index >= 15 is 0 Å². The molecule has 2 rings (SSSR count). The van der Waals surface area contributed by atoms with E-state index in [9.17, 15) is 4.79 Å². The molecule has 0 saturated carbocycles. The summed E-state index contributed by atoms with van der Waals surface area (Å²) in [4.78, 5) is 11.9. The minimum atomic E-state index is -0.261. The minimum Gasteiger partial charge on any atom is -0.490 e. The van der Waals surface area contributed by atoms with E-state index in [0.717, 1.165) is 35.7 Å². The highest BCUT2D eigenvalue weighted by Gasteiger charge is 2.07. The van der Waals surface area contributed by atoms with Crippen LogP contribution in [0.3, 0.4) is 0 Å². The van der Waals surface area contributed by atoms with Crippen LogP contribution in [0.1, 0.15) is 38.3 Å². The molecule has 0 heterocycles. The first-order chi connectivity index (χ1) is 14.2. The second kappa shape index (κ2) is 12.5. The van der Waals surface area contributed by atoms with E-state index in [1.165, 1.54) is 5.56 Å². The summed E-state index contributed by atoms with van der Waals surface area (Å²) < 4.78 is 16.8. The van der Waals surface area contributed by atoms with Crippen LogP contribution in [0.15, 0.2) is 42.5 Å². The number of rotatable bonds is 12. The van der Waals surface area contributed by atoms with E-state index in [-0.39, 0.29) is 12.8 Å². The van der Waals surface area contributed by atoms with Crippen molar-refractivity contribution in [3.63, 3.8) is 0 Å². The maximum atomic E-state index is 11.9. The van der Waals surface area contributed by atoms with Gasteiger partial charge in [0, 0.05) is 6.54 Å². The lowest BCUT2D eigenvalue weighted by atomic mass is 10.1. The molecule has 6 nitrogen and oxygen atoms in total. The number of urea groups is 1. The molecule has 29 heavy (non-hydrogen) atoms. The molecule has 0 spiro atoms. The van der Waals surface area contributed by atoms with Crippen molar-refractivity contribution in [1.29, 1.82) is 0 Å². The highest BCUT2D eigenvalue weighted by atomic mass is 16.5. The van der Waals surface area contributed by atoms with E-state index in [0.29, 0.717) is 26.2 Å². The van der Waals surface area contributed by atoms with Crippen LogP contribution in [0.2, 0.25) is 0 Å². The molecule has 158 valence electrons. The highest BCUT2D eigenvalue weighted by Crippen LogP contribution is 2.28. The summed E-state index contributed by atoms with van der Waals surface area (Å²) in [6.07, 6.45) is 2.87. The molecule has 0 aliphatic rings. The predicted molar refractivity (Wildman–Crippen MR) is 115 cm³/mol. The van der Waals surface area contributed by atoms with Gasteiger partial charge >= 0.3 is 6.03 Å². The van der Waals surface area contributed by atoms with E-state index in [1.807, 2.05) is 56.3 Å². The maximum Gasteiger partial charge on any atom is 0.317 e. The van der Waals surface area contributed by atoms with Gasteiger partial charge in [-0.25, -0.2) is 4.79 Å². The number of hydrogen-bond donors (Lipinski definition) is 2. The van der Waals surface area contributed by atoms with Gasteiger partial charge in [-0.15, -0.1) is 0 Å². The normalized spacial score (nSPS) is 10.3. The standard InChI is InChI=1S/C23H32N2O4/c1-4-7-18-8-11-20(12-9-18)29-17-25-23(26)24-15-14-19-10-13-21(27-5-2)22(16-19)28-6-3/h8-13,16H,4-7,14-15,17H2,1-3H3,(H2,24,25,26). The topological polar surface area (TPSA) is 68.8 Å². The molecule has 6 heteroatoms. The molecule has 2 amide bonds.